The van der Waals surface area contributed by atoms with E-state index in [1.807, 2.05) is 38.1 Å². The molecule has 7 heteroatoms. The van der Waals surface area contributed by atoms with Crippen LogP contribution in [0.5, 0.6) is 5.75 Å². The smallest absolute Gasteiger partial charge is 0.327 e. The summed E-state index contributed by atoms with van der Waals surface area (Å²) in [5.74, 6) is -0.726. The molecule has 0 spiro atoms. The fourth-order valence-corrected chi connectivity index (χ4v) is 3.73. The maximum Gasteiger partial charge on any atom is 0.327 e. The summed E-state index contributed by atoms with van der Waals surface area (Å²) in [6.45, 7) is 5.18. The molecule has 0 saturated heterocycles. The Morgan fingerprint density at radius 1 is 1.26 bits per heavy atom. The summed E-state index contributed by atoms with van der Waals surface area (Å²) in [4.78, 5) is 22.3. The molecular weight excluding hydrogens is 364 g/mol. The summed E-state index contributed by atoms with van der Waals surface area (Å²) in [6, 6.07) is 9.05. The molecule has 2 unspecified atom stereocenters. The van der Waals surface area contributed by atoms with Crippen LogP contribution in [0, 0.1) is 12.3 Å². The van der Waals surface area contributed by atoms with Gasteiger partial charge in [-0.3, -0.25) is 10.2 Å². The standard InChI is InChI=1S/C20H24N2O4S/c1-11-7-16-8-14(5-6-15(16)9-18(11)26-4)12(2)19(21)27-10-17(20(24)25)22-13(3)23/h5-9,12,17,21H,10H2,1-4H3,(H,22,23)(H,24,25). The topological polar surface area (TPSA) is 99.5 Å². The molecule has 0 saturated carbocycles. The van der Waals surface area contributed by atoms with Gasteiger partial charge in [0, 0.05) is 18.6 Å². The molecule has 0 heterocycles. The normalized spacial score (nSPS) is 13.0. The summed E-state index contributed by atoms with van der Waals surface area (Å²) < 4.78 is 5.35. The van der Waals surface area contributed by atoms with Crippen LogP contribution in [-0.2, 0) is 9.59 Å². The minimum absolute atomic E-state index is 0.113. The van der Waals surface area contributed by atoms with Gasteiger partial charge in [-0.15, -0.1) is 11.8 Å². The van der Waals surface area contributed by atoms with Gasteiger partial charge in [-0.2, -0.15) is 0 Å². The monoisotopic (exact) mass is 388 g/mol. The Balaban J connectivity index is 2.13. The number of aryl methyl sites for hydroxylation is 1. The number of carboxylic acid groups (broad SMARTS) is 1. The van der Waals surface area contributed by atoms with Crippen molar-refractivity contribution in [2.24, 2.45) is 0 Å². The molecule has 0 aliphatic rings. The summed E-state index contributed by atoms with van der Waals surface area (Å²) in [5.41, 5.74) is 2.02. The van der Waals surface area contributed by atoms with Crippen molar-refractivity contribution >= 4 is 39.5 Å². The molecule has 0 aliphatic carbocycles. The number of ether oxygens (including phenoxy) is 1. The molecule has 6 nitrogen and oxygen atoms in total. The SMILES string of the molecule is COc1cc2ccc(C(C)C(=N)SCC(NC(C)=O)C(=O)O)cc2cc1C. The average molecular weight is 388 g/mol. The zero-order chi connectivity index (χ0) is 20.1. The van der Waals surface area contributed by atoms with Crippen molar-refractivity contribution in [2.75, 3.05) is 12.9 Å². The summed E-state index contributed by atoms with van der Waals surface area (Å²) in [6.07, 6.45) is 0. The Labute approximate surface area is 162 Å². The number of aliphatic carboxylic acids is 1. The molecule has 0 bridgehead atoms. The van der Waals surface area contributed by atoms with Crippen LogP contribution in [0.15, 0.2) is 30.3 Å². The second kappa shape index (κ2) is 8.90. The first-order valence-electron chi connectivity index (χ1n) is 8.52. The van der Waals surface area contributed by atoms with Crippen LogP contribution in [-0.4, -0.2) is 40.9 Å². The fourth-order valence-electron chi connectivity index (χ4n) is 2.77. The number of fused-ring (bicyclic) bond motifs is 1. The number of carbonyl (C=O) groups excluding carboxylic acids is 1. The van der Waals surface area contributed by atoms with Crippen LogP contribution < -0.4 is 10.1 Å². The van der Waals surface area contributed by atoms with E-state index < -0.39 is 17.9 Å². The van der Waals surface area contributed by atoms with Crippen LogP contribution in [0.1, 0.15) is 30.9 Å². The van der Waals surface area contributed by atoms with Gasteiger partial charge in [-0.05, 0) is 41.0 Å². The molecule has 2 rings (SSSR count). The van der Waals surface area contributed by atoms with E-state index in [1.54, 1.807) is 7.11 Å². The van der Waals surface area contributed by atoms with E-state index in [2.05, 4.69) is 11.4 Å². The lowest BCUT2D eigenvalue weighted by atomic mass is 9.97. The van der Waals surface area contributed by atoms with E-state index in [-0.39, 0.29) is 11.7 Å². The van der Waals surface area contributed by atoms with Gasteiger partial charge in [0.2, 0.25) is 5.91 Å². The number of hydrogen-bond donors (Lipinski definition) is 3. The molecule has 2 aromatic rings. The quantitative estimate of drug-likeness (QED) is 0.497. The Hall–Kier alpha value is -2.54. The maximum atomic E-state index is 11.2. The molecule has 0 fully saturated rings. The van der Waals surface area contributed by atoms with Gasteiger partial charge in [0.25, 0.3) is 0 Å². The fraction of sp³-hybridized carbons (Fsp3) is 0.350. The first-order chi connectivity index (χ1) is 12.7. The minimum atomic E-state index is -1.10. The summed E-state index contributed by atoms with van der Waals surface area (Å²) in [7, 11) is 1.65. The van der Waals surface area contributed by atoms with Crippen molar-refractivity contribution in [3.8, 4) is 5.75 Å². The second-order valence-electron chi connectivity index (χ2n) is 6.42. The Kier molecular flexibility index (Phi) is 6.85. The van der Waals surface area contributed by atoms with E-state index in [9.17, 15) is 9.59 Å². The third-order valence-corrected chi connectivity index (χ3v) is 5.52. The molecule has 0 aromatic heterocycles. The Morgan fingerprint density at radius 2 is 1.96 bits per heavy atom. The van der Waals surface area contributed by atoms with Crippen LogP contribution in [0.25, 0.3) is 10.8 Å². The number of thioether (sulfide) groups is 1. The third-order valence-electron chi connectivity index (χ3n) is 4.35. The van der Waals surface area contributed by atoms with E-state index in [0.717, 1.165) is 39.4 Å². The number of rotatable bonds is 7. The number of nitrogens with one attached hydrogen (secondary N) is 2. The van der Waals surface area contributed by atoms with E-state index in [4.69, 9.17) is 15.3 Å². The van der Waals surface area contributed by atoms with Gasteiger partial charge in [0.1, 0.15) is 11.8 Å². The number of benzene rings is 2. The van der Waals surface area contributed by atoms with Gasteiger partial charge in [0.05, 0.1) is 12.2 Å². The average Bonchev–Trinajstić information content (AvgIpc) is 2.62. The third kappa shape index (κ3) is 5.23. The molecule has 0 aliphatic heterocycles. The van der Waals surface area contributed by atoms with Crippen LogP contribution in [0.3, 0.4) is 0 Å². The van der Waals surface area contributed by atoms with Gasteiger partial charge in [0.15, 0.2) is 0 Å². The largest absolute Gasteiger partial charge is 0.496 e. The molecule has 3 N–H and O–H groups in total. The lowest BCUT2D eigenvalue weighted by Gasteiger charge is -2.17. The van der Waals surface area contributed by atoms with E-state index >= 15 is 0 Å². The Bertz CT molecular complexity index is 882. The maximum absolute atomic E-state index is 11.2. The first kappa shape index (κ1) is 20.8. The van der Waals surface area contributed by atoms with Crippen molar-refractivity contribution in [1.29, 1.82) is 5.41 Å². The zero-order valence-electron chi connectivity index (χ0n) is 15.8. The predicted molar refractivity (Wildman–Crippen MR) is 109 cm³/mol. The number of amides is 1. The van der Waals surface area contributed by atoms with Crippen molar-refractivity contribution < 1.29 is 19.4 Å². The number of hydrogen-bond acceptors (Lipinski definition) is 5. The van der Waals surface area contributed by atoms with E-state index in [0.29, 0.717) is 5.04 Å². The number of carboxylic acids is 1. The number of carbonyl (C=O) groups is 2. The highest BCUT2D eigenvalue weighted by molar-refractivity contribution is 8.14. The molecule has 2 atom stereocenters. The molecule has 27 heavy (non-hydrogen) atoms. The minimum Gasteiger partial charge on any atom is -0.496 e. The molecule has 2 aromatic carbocycles. The van der Waals surface area contributed by atoms with Crippen molar-refractivity contribution in [2.45, 2.75) is 32.7 Å². The zero-order valence-corrected chi connectivity index (χ0v) is 16.6. The molecule has 0 radical (unpaired) electrons. The van der Waals surface area contributed by atoms with Gasteiger partial charge < -0.3 is 15.2 Å². The van der Waals surface area contributed by atoms with Crippen molar-refractivity contribution in [3.05, 3.63) is 41.5 Å². The summed E-state index contributed by atoms with van der Waals surface area (Å²) >= 11 is 1.14. The van der Waals surface area contributed by atoms with Crippen molar-refractivity contribution in [1.82, 2.24) is 5.32 Å². The first-order valence-corrected chi connectivity index (χ1v) is 9.51. The molecular formula is C20H24N2O4S. The second-order valence-corrected chi connectivity index (χ2v) is 7.48. The molecule has 144 valence electrons. The van der Waals surface area contributed by atoms with E-state index in [1.165, 1.54) is 6.92 Å². The lowest BCUT2D eigenvalue weighted by Crippen LogP contribution is -2.41. The van der Waals surface area contributed by atoms with Gasteiger partial charge >= 0.3 is 5.97 Å². The molecule has 1 amide bonds. The lowest BCUT2D eigenvalue weighted by molar-refractivity contribution is -0.140. The van der Waals surface area contributed by atoms with Crippen LogP contribution in [0.2, 0.25) is 0 Å². The van der Waals surface area contributed by atoms with Crippen LogP contribution in [0.4, 0.5) is 0 Å². The highest BCUT2D eigenvalue weighted by Crippen LogP contribution is 2.30. The van der Waals surface area contributed by atoms with Gasteiger partial charge in [-0.1, -0.05) is 25.1 Å². The highest BCUT2D eigenvalue weighted by atomic mass is 32.2. The predicted octanol–water partition coefficient (Wildman–Crippen LogP) is 3.56. The Morgan fingerprint density at radius 3 is 2.56 bits per heavy atom. The van der Waals surface area contributed by atoms with Crippen LogP contribution >= 0.6 is 11.8 Å². The van der Waals surface area contributed by atoms with Gasteiger partial charge in [-0.25, -0.2) is 4.79 Å². The highest BCUT2D eigenvalue weighted by Gasteiger charge is 2.21. The summed E-state index contributed by atoms with van der Waals surface area (Å²) in [5, 5.41) is 22.3. The number of methoxy groups -OCH3 is 1. The van der Waals surface area contributed by atoms with Crippen molar-refractivity contribution in [3.63, 3.8) is 0 Å².